The van der Waals surface area contributed by atoms with E-state index in [1.165, 1.54) is 0 Å². The van der Waals surface area contributed by atoms with Gasteiger partial charge in [0.25, 0.3) is 0 Å². The fourth-order valence-electron chi connectivity index (χ4n) is 1.40. The molecule has 6 heteroatoms. The zero-order valence-electron chi connectivity index (χ0n) is 9.04. The fraction of sp³-hybridized carbons (Fsp3) is 0.0909. The molecule has 17 heavy (non-hydrogen) atoms. The van der Waals surface area contributed by atoms with Crippen LogP contribution in [0.4, 0.5) is 17.5 Å². The average Bonchev–Trinajstić information content (AvgIpc) is 2.22. The summed E-state index contributed by atoms with van der Waals surface area (Å²) in [6.07, 6.45) is 0. The third kappa shape index (κ3) is 2.78. The van der Waals surface area contributed by atoms with Crippen molar-refractivity contribution in [3.63, 3.8) is 0 Å². The van der Waals surface area contributed by atoms with Gasteiger partial charge in [0.2, 0.25) is 5.95 Å². The highest BCUT2D eigenvalue weighted by atomic mass is 35.5. The molecule has 0 atom stereocenters. The Labute approximate surface area is 109 Å². The Morgan fingerprint density at radius 3 is 2.41 bits per heavy atom. The molecule has 0 amide bonds. The van der Waals surface area contributed by atoms with E-state index in [9.17, 15) is 0 Å². The molecule has 0 aliphatic carbocycles. The molecular formula is C11H10Cl2N4. The van der Waals surface area contributed by atoms with Crippen LogP contribution in [-0.4, -0.2) is 9.97 Å². The fourth-order valence-corrected chi connectivity index (χ4v) is 1.89. The number of aromatic nitrogens is 2. The molecule has 0 unspecified atom stereocenters. The van der Waals surface area contributed by atoms with Crippen LogP contribution in [0.3, 0.4) is 0 Å². The summed E-state index contributed by atoms with van der Waals surface area (Å²) in [5.41, 5.74) is 6.93. The van der Waals surface area contributed by atoms with Gasteiger partial charge in [-0.15, -0.1) is 0 Å². The lowest BCUT2D eigenvalue weighted by molar-refractivity contribution is 1.12. The first-order valence-electron chi connectivity index (χ1n) is 4.88. The molecule has 1 aromatic heterocycles. The Balaban J connectivity index is 2.38. The lowest BCUT2D eigenvalue weighted by atomic mass is 10.3. The molecular weight excluding hydrogens is 259 g/mol. The predicted molar refractivity (Wildman–Crippen MR) is 70.9 cm³/mol. The van der Waals surface area contributed by atoms with Crippen molar-refractivity contribution in [2.45, 2.75) is 6.92 Å². The largest absolute Gasteiger partial charge is 0.368 e. The molecule has 2 aromatic rings. The van der Waals surface area contributed by atoms with Crippen LogP contribution >= 0.6 is 23.2 Å². The van der Waals surface area contributed by atoms with Crippen molar-refractivity contribution in [2.75, 3.05) is 11.1 Å². The highest BCUT2D eigenvalue weighted by Crippen LogP contribution is 2.32. The number of hydrogen-bond acceptors (Lipinski definition) is 4. The summed E-state index contributed by atoms with van der Waals surface area (Å²) in [7, 11) is 0. The number of nitrogens with zero attached hydrogens (tertiary/aromatic N) is 2. The maximum atomic E-state index is 6.04. The number of benzene rings is 1. The van der Waals surface area contributed by atoms with Gasteiger partial charge >= 0.3 is 0 Å². The van der Waals surface area contributed by atoms with Crippen LogP contribution in [0.15, 0.2) is 24.3 Å². The van der Waals surface area contributed by atoms with Crippen molar-refractivity contribution in [2.24, 2.45) is 0 Å². The van der Waals surface area contributed by atoms with Crippen LogP contribution < -0.4 is 11.1 Å². The summed E-state index contributed by atoms with van der Waals surface area (Å²) in [4.78, 5) is 8.03. The van der Waals surface area contributed by atoms with E-state index in [1.54, 1.807) is 24.3 Å². The molecule has 2 rings (SSSR count). The number of nitrogens with two attached hydrogens (primary N) is 1. The predicted octanol–water partition coefficient (Wildman–Crippen LogP) is 3.42. The van der Waals surface area contributed by atoms with Crippen molar-refractivity contribution in [1.82, 2.24) is 9.97 Å². The maximum absolute atomic E-state index is 6.04. The molecule has 0 bridgehead atoms. The monoisotopic (exact) mass is 268 g/mol. The van der Waals surface area contributed by atoms with E-state index in [0.29, 0.717) is 21.6 Å². The minimum atomic E-state index is 0.204. The van der Waals surface area contributed by atoms with Gasteiger partial charge in [0, 0.05) is 11.8 Å². The Hall–Kier alpha value is -1.52. The van der Waals surface area contributed by atoms with Gasteiger partial charge in [0.15, 0.2) is 0 Å². The number of aryl methyl sites for hydroxylation is 1. The third-order valence-electron chi connectivity index (χ3n) is 2.09. The molecule has 1 heterocycles. The minimum Gasteiger partial charge on any atom is -0.368 e. The summed E-state index contributed by atoms with van der Waals surface area (Å²) in [5.74, 6) is 0.765. The number of anilines is 3. The van der Waals surface area contributed by atoms with E-state index in [1.807, 2.05) is 6.92 Å². The molecule has 1 aromatic carbocycles. The van der Waals surface area contributed by atoms with Crippen molar-refractivity contribution < 1.29 is 0 Å². The molecule has 0 fully saturated rings. The smallest absolute Gasteiger partial charge is 0.222 e. The molecule has 4 nitrogen and oxygen atoms in total. The second-order valence-electron chi connectivity index (χ2n) is 3.47. The Kier molecular flexibility index (Phi) is 3.36. The van der Waals surface area contributed by atoms with E-state index in [4.69, 9.17) is 28.9 Å². The first kappa shape index (κ1) is 12.0. The number of nitrogen functional groups attached to an aromatic ring is 1. The van der Waals surface area contributed by atoms with Crippen molar-refractivity contribution in [3.8, 4) is 0 Å². The summed E-state index contributed by atoms with van der Waals surface area (Å²) >= 11 is 12.1. The number of halogens is 2. The molecule has 88 valence electrons. The maximum Gasteiger partial charge on any atom is 0.222 e. The summed E-state index contributed by atoms with van der Waals surface area (Å²) < 4.78 is 0. The van der Waals surface area contributed by atoms with Crippen LogP contribution in [0, 0.1) is 6.92 Å². The van der Waals surface area contributed by atoms with Crippen LogP contribution in [0.1, 0.15) is 5.69 Å². The van der Waals surface area contributed by atoms with Gasteiger partial charge in [-0.05, 0) is 19.1 Å². The third-order valence-corrected chi connectivity index (χ3v) is 2.72. The van der Waals surface area contributed by atoms with Gasteiger partial charge in [0.1, 0.15) is 5.82 Å². The second kappa shape index (κ2) is 4.77. The van der Waals surface area contributed by atoms with Crippen LogP contribution in [0.2, 0.25) is 10.0 Å². The first-order valence-corrected chi connectivity index (χ1v) is 5.64. The second-order valence-corrected chi connectivity index (χ2v) is 4.29. The standard InChI is InChI=1S/C11H10Cl2N4/c1-6-5-9(17-11(14)15-6)16-10-7(12)3-2-4-8(10)13/h2-5H,1H3,(H3,14,15,16,17). The molecule has 0 saturated heterocycles. The van der Waals surface area contributed by atoms with Gasteiger partial charge in [-0.1, -0.05) is 29.3 Å². The number of hydrogen-bond donors (Lipinski definition) is 2. The van der Waals surface area contributed by atoms with E-state index >= 15 is 0 Å². The highest BCUT2D eigenvalue weighted by Gasteiger charge is 2.07. The number of nitrogens with one attached hydrogen (secondary N) is 1. The molecule has 3 N–H and O–H groups in total. The number of rotatable bonds is 2. The zero-order valence-corrected chi connectivity index (χ0v) is 10.5. The topological polar surface area (TPSA) is 63.8 Å². The van der Waals surface area contributed by atoms with Crippen LogP contribution in [0.5, 0.6) is 0 Å². The van der Waals surface area contributed by atoms with Gasteiger partial charge < -0.3 is 11.1 Å². The molecule has 0 spiro atoms. The Morgan fingerprint density at radius 2 is 1.82 bits per heavy atom. The van der Waals surface area contributed by atoms with E-state index in [2.05, 4.69) is 15.3 Å². The van der Waals surface area contributed by atoms with Crippen molar-refractivity contribution >= 4 is 40.7 Å². The number of para-hydroxylation sites is 1. The lowest BCUT2D eigenvalue weighted by Crippen LogP contribution is -2.01. The van der Waals surface area contributed by atoms with E-state index < -0.39 is 0 Å². The molecule has 0 radical (unpaired) electrons. The Morgan fingerprint density at radius 1 is 1.18 bits per heavy atom. The van der Waals surface area contributed by atoms with Crippen LogP contribution in [0.25, 0.3) is 0 Å². The van der Waals surface area contributed by atoms with Gasteiger partial charge in [-0.3, -0.25) is 0 Å². The molecule has 0 aliphatic rings. The minimum absolute atomic E-state index is 0.204. The summed E-state index contributed by atoms with van der Waals surface area (Å²) in [5, 5.41) is 4.07. The quantitative estimate of drug-likeness (QED) is 0.876. The van der Waals surface area contributed by atoms with Gasteiger partial charge in [-0.2, -0.15) is 4.98 Å². The van der Waals surface area contributed by atoms with E-state index in [-0.39, 0.29) is 5.95 Å². The van der Waals surface area contributed by atoms with Crippen LogP contribution in [-0.2, 0) is 0 Å². The SMILES string of the molecule is Cc1cc(Nc2c(Cl)cccc2Cl)nc(N)n1. The van der Waals surface area contributed by atoms with E-state index in [0.717, 1.165) is 5.69 Å². The Bertz CT molecular complexity index is 517. The van der Waals surface area contributed by atoms with Crippen molar-refractivity contribution in [1.29, 1.82) is 0 Å². The average molecular weight is 269 g/mol. The molecule has 0 aliphatic heterocycles. The summed E-state index contributed by atoms with van der Waals surface area (Å²) in [6.45, 7) is 1.83. The zero-order chi connectivity index (χ0) is 12.4. The normalized spacial score (nSPS) is 10.3. The first-order chi connectivity index (χ1) is 8.06. The van der Waals surface area contributed by atoms with Gasteiger partial charge in [-0.25, -0.2) is 4.98 Å². The van der Waals surface area contributed by atoms with Crippen molar-refractivity contribution in [3.05, 3.63) is 40.0 Å². The van der Waals surface area contributed by atoms with Gasteiger partial charge in [0.05, 0.1) is 15.7 Å². The lowest BCUT2D eigenvalue weighted by Gasteiger charge is -2.10. The summed E-state index contributed by atoms with van der Waals surface area (Å²) in [6, 6.07) is 7.02. The molecule has 0 saturated carbocycles. The highest BCUT2D eigenvalue weighted by molar-refractivity contribution is 6.39.